The van der Waals surface area contributed by atoms with Crippen molar-refractivity contribution in [1.29, 1.82) is 5.26 Å². The topological polar surface area (TPSA) is 69.5 Å². The van der Waals surface area contributed by atoms with Crippen molar-refractivity contribution in [3.05, 3.63) is 57.8 Å². The summed E-state index contributed by atoms with van der Waals surface area (Å²) in [5.74, 6) is 0.223. The summed E-state index contributed by atoms with van der Waals surface area (Å²) in [6.45, 7) is 4.33. The van der Waals surface area contributed by atoms with E-state index in [1.165, 1.54) is 16.0 Å². The Morgan fingerprint density at radius 3 is 2.67 bits per heavy atom. The lowest BCUT2D eigenvalue weighted by atomic mass is 9.98. The first-order valence-electron chi connectivity index (χ1n) is 9.73. The van der Waals surface area contributed by atoms with Crippen LogP contribution >= 0.6 is 11.3 Å². The maximum atomic E-state index is 12.5. The zero-order chi connectivity index (χ0) is 19.3. The molecule has 1 aliphatic rings. The first-order valence-corrected chi connectivity index (χ1v) is 10.6. The van der Waals surface area contributed by atoms with Gasteiger partial charge in [0, 0.05) is 5.56 Å². The van der Waals surface area contributed by atoms with Crippen molar-refractivity contribution in [2.75, 3.05) is 6.54 Å². The molecule has 3 rings (SSSR count). The molecule has 27 heavy (non-hydrogen) atoms. The number of carbonyl (C=O) groups excluding carboxylic acids is 1. The minimum absolute atomic E-state index is 0.0740. The van der Waals surface area contributed by atoms with Crippen LogP contribution < -0.4 is 10.6 Å². The van der Waals surface area contributed by atoms with Crippen LogP contribution in [0.25, 0.3) is 0 Å². The van der Waals surface area contributed by atoms with Crippen LogP contribution in [0.3, 0.4) is 0 Å². The second kappa shape index (κ2) is 8.69. The molecular weight excluding hydrogens is 354 g/mol. The summed E-state index contributed by atoms with van der Waals surface area (Å²) >= 11 is 1.71. The largest absolute Gasteiger partial charge is 0.333 e. The van der Waals surface area contributed by atoms with Gasteiger partial charge in [-0.3, -0.25) is 4.79 Å². The van der Waals surface area contributed by atoms with Gasteiger partial charge in [0.05, 0.1) is 10.9 Å². The molecule has 1 saturated carbocycles. The quantitative estimate of drug-likeness (QED) is 0.699. The molecule has 142 valence electrons. The van der Waals surface area contributed by atoms with Crippen LogP contribution in [0.2, 0.25) is 0 Å². The fourth-order valence-corrected chi connectivity index (χ4v) is 4.36. The number of rotatable bonds is 9. The van der Waals surface area contributed by atoms with Crippen molar-refractivity contribution in [1.82, 2.24) is 5.32 Å². The number of nitrogens with one attached hydrogen (secondary N) is 1. The van der Waals surface area contributed by atoms with Crippen molar-refractivity contribution in [2.45, 2.75) is 51.1 Å². The molecule has 4 nitrogen and oxygen atoms in total. The molecular formula is C22H28N3OS+. The fourth-order valence-electron chi connectivity index (χ4n) is 3.51. The number of benzene rings is 1. The lowest BCUT2D eigenvalue weighted by molar-refractivity contribution is -0.676. The van der Waals surface area contributed by atoms with Gasteiger partial charge in [0.25, 0.3) is 5.91 Å². The van der Waals surface area contributed by atoms with Gasteiger partial charge in [0.1, 0.15) is 11.6 Å². The Morgan fingerprint density at radius 2 is 2.11 bits per heavy atom. The fraction of sp³-hybridized carbons (Fsp3) is 0.455. The number of nitrogens with two attached hydrogens (primary N) is 1. The summed E-state index contributed by atoms with van der Waals surface area (Å²) in [6, 6.07) is 15.3. The van der Waals surface area contributed by atoms with E-state index in [-0.39, 0.29) is 11.9 Å². The standard InChI is InChI=1S/C22H27N3OS/c1-3-5-16-7-9-17(10-8-16)21(19-6-4-13-27-19)24-14-20(26)25-22(2,15-23)18-11-12-18/h4,6-10,13,18,21,24H,3,5,11-12,14H2,1-2H3,(H,25,26)/p+1/t21-,22-/m0/s1. The predicted molar refractivity (Wildman–Crippen MR) is 108 cm³/mol. The van der Waals surface area contributed by atoms with Crippen molar-refractivity contribution in [2.24, 2.45) is 5.92 Å². The Labute approximate surface area is 165 Å². The van der Waals surface area contributed by atoms with E-state index in [2.05, 4.69) is 59.3 Å². The molecule has 2 aromatic rings. The third-order valence-electron chi connectivity index (χ3n) is 5.29. The molecule has 0 aliphatic heterocycles. The summed E-state index contributed by atoms with van der Waals surface area (Å²) in [5.41, 5.74) is 1.82. The molecule has 0 radical (unpaired) electrons. The number of quaternary nitrogens is 1. The van der Waals surface area contributed by atoms with Gasteiger partial charge in [-0.15, -0.1) is 11.3 Å². The number of amides is 1. The second-order valence-corrected chi connectivity index (χ2v) is 8.54. The van der Waals surface area contributed by atoms with Crippen molar-refractivity contribution in [3.63, 3.8) is 0 Å². The summed E-state index contributed by atoms with van der Waals surface area (Å²) in [6.07, 6.45) is 4.27. The molecule has 1 aromatic heterocycles. The Bertz CT molecular complexity index is 790. The highest BCUT2D eigenvalue weighted by atomic mass is 32.1. The van der Waals surface area contributed by atoms with Gasteiger partial charge in [-0.25, -0.2) is 0 Å². The predicted octanol–water partition coefficient (Wildman–Crippen LogP) is 3.16. The van der Waals surface area contributed by atoms with Gasteiger partial charge in [-0.1, -0.05) is 43.7 Å². The SMILES string of the molecule is CCCc1ccc([C@H]([NH2+]CC(=O)N[C@@](C)(C#N)C2CC2)c2cccs2)cc1. The minimum Gasteiger partial charge on any atom is -0.333 e. The van der Waals surface area contributed by atoms with E-state index in [0.717, 1.165) is 25.7 Å². The number of nitrogens with zero attached hydrogens (tertiary/aromatic N) is 1. The third-order valence-corrected chi connectivity index (χ3v) is 6.25. The van der Waals surface area contributed by atoms with Crippen LogP contribution in [0.4, 0.5) is 0 Å². The highest BCUT2D eigenvalue weighted by molar-refractivity contribution is 7.10. The average molecular weight is 383 g/mol. The lowest BCUT2D eigenvalue weighted by Crippen LogP contribution is -2.88. The van der Waals surface area contributed by atoms with Gasteiger partial charge in [0.15, 0.2) is 6.54 Å². The van der Waals surface area contributed by atoms with Crippen LogP contribution in [-0.2, 0) is 11.2 Å². The summed E-state index contributed by atoms with van der Waals surface area (Å²) in [7, 11) is 0. The number of carbonyl (C=O) groups is 1. The number of nitriles is 1. The van der Waals surface area contributed by atoms with E-state index in [9.17, 15) is 10.1 Å². The van der Waals surface area contributed by atoms with E-state index < -0.39 is 5.54 Å². The van der Waals surface area contributed by atoms with Crippen LogP contribution in [0.5, 0.6) is 0 Å². The smallest absolute Gasteiger partial charge is 0.276 e. The zero-order valence-corrected chi connectivity index (χ0v) is 16.9. The minimum atomic E-state index is -0.731. The molecule has 5 heteroatoms. The molecule has 1 fully saturated rings. The zero-order valence-electron chi connectivity index (χ0n) is 16.1. The highest BCUT2D eigenvalue weighted by Crippen LogP contribution is 2.39. The molecule has 0 unspecified atom stereocenters. The molecule has 0 spiro atoms. The average Bonchev–Trinajstić information content (AvgIpc) is 3.40. The summed E-state index contributed by atoms with van der Waals surface area (Å²) in [5, 5.41) is 16.5. The van der Waals surface area contributed by atoms with E-state index in [1.54, 1.807) is 11.3 Å². The number of hydrogen-bond acceptors (Lipinski definition) is 3. The van der Waals surface area contributed by atoms with E-state index >= 15 is 0 Å². The molecule has 1 amide bonds. The third kappa shape index (κ3) is 4.97. The summed E-state index contributed by atoms with van der Waals surface area (Å²) in [4.78, 5) is 13.7. The van der Waals surface area contributed by atoms with E-state index in [1.807, 2.05) is 13.0 Å². The molecule has 1 aromatic carbocycles. The molecule has 0 saturated heterocycles. The molecule has 1 heterocycles. The lowest BCUT2D eigenvalue weighted by Gasteiger charge is -2.23. The highest BCUT2D eigenvalue weighted by Gasteiger charge is 2.43. The molecule has 0 bridgehead atoms. The van der Waals surface area contributed by atoms with E-state index in [0.29, 0.717) is 12.5 Å². The maximum absolute atomic E-state index is 12.5. The Morgan fingerprint density at radius 1 is 1.37 bits per heavy atom. The first kappa shape index (κ1) is 19.6. The van der Waals surface area contributed by atoms with Gasteiger partial charge in [-0.2, -0.15) is 5.26 Å². The van der Waals surface area contributed by atoms with Crippen LogP contribution in [-0.4, -0.2) is 18.0 Å². The molecule has 3 N–H and O–H groups in total. The first-order chi connectivity index (χ1) is 13.1. The van der Waals surface area contributed by atoms with Crippen molar-refractivity contribution < 1.29 is 10.1 Å². The van der Waals surface area contributed by atoms with Crippen molar-refractivity contribution in [3.8, 4) is 6.07 Å². The van der Waals surface area contributed by atoms with Crippen LogP contribution in [0, 0.1) is 17.2 Å². The van der Waals surface area contributed by atoms with Gasteiger partial charge in [-0.05, 0) is 49.1 Å². The number of thiophene rings is 1. The van der Waals surface area contributed by atoms with E-state index in [4.69, 9.17) is 0 Å². The summed E-state index contributed by atoms with van der Waals surface area (Å²) < 4.78 is 0. The maximum Gasteiger partial charge on any atom is 0.276 e. The van der Waals surface area contributed by atoms with Gasteiger partial charge >= 0.3 is 0 Å². The van der Waals surface area contributed by atoms with Crippen LogP contribution in [0.15, 0.2) is 41.8 Å². The Kier molecular flexibility index (Phi) is 6.30. The Hall–Kier alpha value is -2.16. The molecule has 1 aliphatic carbocycles. The Balaban J connectivity index is 1.67. The van der Waals surface area contributed by atoms with Crippen LogP contribution in [0.1, 0.15) is 55.2 Å². The number of hydrogen-bond donors (Lipinski definition) is 2. The van der Waals surface area contributed by atoms with Crippen molar-refractivity contribution >= 4 is 17.2 Å². The van der Waals surface area contributed by atoms with Gasteiger partial charge in [0.2, 0.25) is 0 Å². The number of aryl methyl sites for hydroxylation is 1. The normalized spacial score (nSPS) is 16.9. The second-order valence-electron chi connectivity index (χ2n) is 7.56. The van der Waals surface area contributed by atoms with Gasteiger partial charge < -0.3 is 10.6 Å². The molecule has 2 atom stereocenters. The monoisotopic (exact) mass is 382 g/mol.